The first-order chi connectivity index (χ1) is 15.9. The van der Waals surface area contributed by atoms with Gasteiger partial charge < -0.3 is 9.64 Å². The molecule has 33 heavy (non-hydrogen) atoms. The number of ether oxygens (including phenoxy) is 1. The molecule has 9 heteroatoms. The Bertz CT molecular complexity index is 1370. The SMILES string of the molecule is Cc1nc2c3c(nn2c(C)c1Cl)CN(C(=O)c1ccc(F)cc1OCCc1ccccn1)C3. The normalized spacial score (nSPS) is 12.9. The highest BCUT2D eigenvalue weighted by Gasteiger charge is 2.31. The van der Waals surface area contributed by atoms with Crippen LogP contribution in [-0.4, -0.2) is 37.0 Å². The number of aryl methyl sites for hydroxylation is 2. The van der Waals surface area contributed by atoms with E-state index in [1.807, 2.05) is 32.0 Å². The van der Waals surface area contributed by atoms with Crippen molar-refractivity contribution in [2.45, 2.75) is 33.4 Å². The van der Waals surface area contributed by atoms with Gasteiger partial charge in [0.05, 0.1) is 47.4 Å². The average molecular weight is 466 g/mol. The van der Waals surface area contributed by atoms with Crippen molar-refractivity contribution in [1.82, 2.24) is 24.5 Å². The lowest BCUT2D eigenvalue weighted by atomic mass is 10.1. The van der Waals surface area contributed by atoms with Gasteiger partial charge in [-0.1, -0.05) is 17.7 Å². The molecule has 0 fully saturated rings. The number of nitrogens with zero attached hydrogens (tertiary/aromatic N) is 5. The predicted octanol–water partition coefficient (Wildman–Crippen LogP) is 4.31. The second-order valence-electron chi connectivity index (χ2n) is 7.98. The zero-order valence-corrected chi connectivity index (χ0v) is 18.9. The van der Waals surface area contributed by atoms with Crippen LogP contribution in [0.15, 0.2) is 42.6 Å². The molecule has 0 aliphatic carbocycles. The molecule has 0 radical (unpaired) electrons. The van der Waals surface area contributed by atoms with Crippen LogP contribution in [0.1, 0.15) is 38.7 Å². The predicted molar refractivity (Wildman–Crippen MR) is 121 cm³/mol. The number of rotatable bonds is 5. The fourth-order valence-corrected chi connectivity index (χ4v) is 4.15. The minimum Gasteiger partial charge on any atom is -0.492 e. The smallest absolute Gasteiger partial charge is 0.258 e. The lowest BCUT2D eigenvalue weighted by molar-refractivity contribution is 0.0745. The summed E-state index contributed by atoms with van der Waals surface area (Å²) >= 11 is 6.31. The van der Waals surface area contributed by atoms with Gasteiger partial charge in [0.1, 0.15) is 11.6 Å². The molecule has 3 aromatic heterocycles. The number of hydrogen-bond donors (Lipinski definition) is 0. The van der Waals surface area contributed by atoms with Crippen molar-refractivity contribution >= 4 is 23.2 Å². The number of amides is 1. The van der Waals surface area contributed by atoms with Gasteiger partial charge in [0.2, 0.25) is 0 Å². The molecule has 4 heterocycles. The Kier molecular flexibility index (Phi) is 5.46. The topological polar surface area (TPSA) is 72.6 Å². The van der Waals surface area contributed by atoms with Crippen LogP contribution in [-0.2, 0) is 19.5 Å². The van der Waals surface area contributed by atoms with Gasteiger partial charge in [-0.05, 0) is 38.1 Å². The minimum absolute atomic E-state index is 0.214. The van der Waals surface area contributed by atoms with E-state index in [1.54, 1.807) is 15.6 Å². The molecule has 0 saturated carbocycles. The van der Waals surface area contributed by atoms with Gasteiger partial charge >= 0.3 is 0 Å². The molecule has 5 rings (SSSR count). The number of aromatic nitrogens is 4. The van der Waals surface area contributed by atoms with E-state index in [2.05, 4.69) is 15.1 Å². The molecule has 0 atom stereocenters. The van der Waals surface area contributed by atoms with Crippen molar-refractivity contribution in [3.63, 3.8) is 0 Å². The highest BCUT2D eigenvalue weighted by molar-refractivity contribution is 6.31. The number of carbonyl (C=O) groups excluding carboxylic acids is 1. The zero-order chi connectivity index (χ0) is 23.1. The Morgan fingerprint density at radius 2 is 2.06 bits per heavy atom. The highest BCUT2D eigenvalue weighted by atomic mass is 35.5. The zero-order valence-electron chi connectivity index (χ0n) is 18.2. The summed E-state index contributed by atoms with van der Waals surface area (Å²) in [6.07, 6.45) is 2.25. The third-order valence-corrected chi connectivity index (χ3v) is 6.31. The minimum atomic E-state index is -0.464. The van der Waals surface area contributed by atoms with Crippen molar-refractivity contribution in [2.24, 2.45) is 0 Å². The molecule has 1 amide bonds. The summed E-state index contributed by atoms with van der Waals surface area (Å²) in [6, 6.07) is 9.60. The van der Waals surface area contributed by atoms with Gasteiger partial charge in [-0.15, -0.1) is 0 Å². The standard InChI is InChI=1S/C24H21ClFN5O2/c1-14-22(25)15(2)31-23(28-14)19-12-30(13-20(19)29-31)24(32)18-7-6-16(26)11-21(18)33-10-8-17-5-3-4-9-27-17/h3-7,9,11H,8,10,12-13H2,1-2H3. The maximum Gasteiger partial charge on any atom is 0.258 e. The maximum absolute atomic E-state index is 13.9. The summed E-state index contributed by atoms with van der Waals surface area (Å²) in [5, 5.41) is 5.20. The van der Waals surface area contributed by atoms with Gasteiger partial charge in [0.25, 0.3) is 5.91 Å². The second-order valence-corrected chi connectivity index (χ2v) is 8.36. The molecule has 168 valence electrons. The summed E-state index contributed by atoms with van der Waals surface area (Å²) in [5.74, 6) is -0.499. The molecular formula is C24H21ClFN5O2. The van der Waals surface area contributed by atoms with E-state index < -0.39 is 5.82 Å². The average Bonchev–Trinajstić information content (AvgIpc) is 3.37. The van der Waals surface area contributed by atoms with Crippen molar-refractivity contribution in [3.8, 4) is 5.75 Å². The Morgan fingerprint density at radius 1 is 1.21 bits per heavy atom. The summed E-state index contributed by atoms with van der Waals surface area (Å²) < 4.78 is 21.5. The Balaban J connectivity index is 1.37. The molecule has 0 bridgehead atoms. The van der Waals surface area contributed by atoms with Crippen LogP contribution in [0, 0.1) is 19.7 Å². The van der Waals surface area contributed by atoms with Crippen LogP contribution < -0.4 is 4.74 Å². The summed E-state index contributed by atoms with van der Waals surface area (Å²) in [6.45, 7) is 4.70. The van der Waals surface area contributed by atoms with Crippen LogP contribution in [0.25, 0.3) is 5.65 Å². The molecule has 0 saturated heterocycles. The first-order valence-corrected chi connectivity index (χ1v) is 10.9. The number of pyridine rings is 1. The first kappa shape index (κ1) is 21.3. The van der Waals surface area contributed by atoms with E-state index in [9.17, 15) is 9.18 Å². The van der Waals surface area contributed by atoms with Gasteiger partial charge in [-0.2, -0.15) is 5.10 Å². The van der Waals surface area contributed by atoms with Crippen molar-refractivity contribution < 1.29 is 13.9 Å². The molecule has 0 N–H and O–H groups in total. The van der Waals surface area contributed by atoms with Gasteiger partial charge in [-0.25, -0.2) is 13.9 Å². The lowest BCUT2D eigenvalue weighted by Crippen LogP contribution is -2.26. The molecule has 7 nitrogen and oxygen atoms in total. The summed E-state index contributed by atoms with van der Waals surface area (Å²) in [4.78, 5) is 23.8. The van der Waals surface area contributed by atoms with Gasteiger partial charge in [0.15, 0.2) is 5.65 Å². The molecule has 1 aromatic carbocycles. The summed E-state index contributed by atoms with van der Waals surface area (Å²) in [7, 11) is 0. The van der Waals surface area contributed by atoms with Crippen LogP contribution >= 0.6 is 11.6 Å². The molecule has 0 spiro atoms. The van der Waals surface area contributed by atoms with E-state index in [4.69, 9.17) is 16.3 Å². The van der Waals surface area contributed by atoms with E-state index in [0.29, 0.717) is 35.7 Å². The molecule has 1 aliphatic rings. The van der Waals surface area contributed by atoms with Crippen LogP contribution in [0.4, 0.5) is 4.39 Å². The number of halogens is 2. The maximum atomic E-state index is 13.9. The first-order valence-electron chi connectivity index (χ1n) is 10.6. The molecule has 4 aromatic rings. The van der Waals surface area contributed by atoms with Gasteiger partial charge in [0, 0.05) is 29.9 Å². The van der Waals surface area contributed by atoms with Crippen molar-refractivity contribution in [1.29, 1.82) is 0 Å². The Morgan fingerprint density at radius 3 is 2.85 bits per heavy atom. The van der Waals surface area contributed by atoms with Crippen molar-refractivity contribution in [3.05, 3.63) is 87.3 Å². The van der Waals surface area contributed by atoms with E-state index >= 15 is 0 Å². The molecular weight excluding hydrogens is 445 g/mol. The lowest BCUT2D eigenvalue weighted by Gasteiger charge is -2.18. The fourth-order valence-electron chi connectivity index (χ4n) is 4.03. The third-order valence-electron chi connectivity index (χ3n) is 5.76. The van der Waals surface area contributed by atoms with E-state index in [0.717, 1.165) is 28.3 Å². The third kappa shape index (κ3) is 3.91. The van der Waals surface area contributed by atoms with Gasteiger partial charge in [-0.3, -0.25) is 9.78 Å². The highest BCUT2D eigenvalue weighted by Crippen LogP contribution is 2.31. The number of carbonyl (C=O) groups is 1. The molecule has 1 aliphatic heterocycles. The number of hydrogen-bond acceptors (Lipinski definition) is 5. The van der Waals surface area contributed by atoms with Crippen LogP contribution in [0.3, 0.4) is 0 Å². The van der Waals surface area contributed by atoms with Crippen LogP contribution in [0.2, 0.25) is 5.02 Å². The monoisotopic (exact) mass is 465 g/mol. The second kappa shape index (κ2) is 8.44. The quantitative estimate of drug-likeness (QED) is 0.439. The summed E-state index contributed by atoms with van der Waals surface area (Å²) in [5.41, 5.74) is 5.07. The largest absolute Gasteiger partial charge is 0.492 e. The van der Waals surface area contributed by atoms with E-state index in [-0.39, 0.29) is 18.3 Å². The number of benzene rings is 1. The Labute approximate surface area is 194 Å². The van der Waals surface area contributed by atoms with Crippen LogP contribution in [0.5, 0.6) is 5.75 Å². The van der Waals surface area contributed by atoms with Crippen molar-refractivity contribution in [2.75, 3.05) is 6.61 Å². The fraction of sp³-hybridized carbons (Fsp3) is 0.250. The Hall–Kier alpha value is -3.52. The van der Waals surface area contributed by atoms with E-state index in [1.165, 1.54) is 18.2 Å². The number of fused-ring (bicyclic) bond motifs is 3. The molecule has 0 unspecified atom stereocenters.